The van der Waals surface area contributed by atoms with Gasteiger partial charge in [0.25, 0.3) is 0 Å². The molecule has 2 aliphatic rings. The lowest BCUT2D eigenvalue weighted by Crippen LogP contribution is -2.26. The molecule has 0 aliphatic heterocycles. The van der Waals surface area contributed by atoms with Gasteiger partial charge in [-0.05, 0) is 56.1 Å². The highest BCUT2D eigenvalue weighted by Gasteiger charge is 2.24. The number of nitrogens with zero attached hydrogens (tertiary/aromatic N) is 2. The summed E-state index contributed by atoms with van der Waals surface area (Å²) in [5.41, 5.74) is 8.72. The lowest BCUT2D eigenvalue weighted by molar-refractivity contribution is 0.123. The first-order valence-electron chi connectivity index (χ1n) is 7.84. The molecular formula is C16H23N3O2. The first kappa shape index (κ1) is 14.2. The fourth-order valence-electron chi connectivity index (χ4n) is 3.42. The Balaban J connectivity index is 1.89. The Morgan fingerprint density at radius 1 is 1.38 bits per heavy atom. The summed E-state index contributed by atoms with van der Waals surface area (Å²) in [7, 11) is 0. The molecule has 1 heterocycles. The molecule has 0 spiro atoms. The van der Waals surface area contributed by atoms with Gasteiger partial charge in [-0.1, -0.05) is 18.5 Å². The Morgan fingerprint density at radius 2 is 2.24 bits per heavy atom. The van der Waals surface area contributed by atoms with Crippen molar-refractivity contribution in [3.8, 4) is 5.88 Å². The summed E-state index contributed by atoms with van der Waals surface area (Å²) in [5, 5.41) is 12.1. The highest BCUT2D eigenvalue weighted by molar-refractivity contribution is 5.99. The average Bonchev–Trinajstić information content (AvgIpc) is 2.93. The van der Waals surface area contributed by atoms with Gasteiger partial charge in [0.05, 0.1) is 5.56 Å². The molecule has 0 radical (unpaired) electrons. The number of ether oxygens (including phenoxy) is 1. The number of amidine groups is 1. The topological polar surface area (TPSA) is 80.7 Å². The van der Waals surface area contributed by atoms with E-state index < -0.39 is 0 Å². The molecule has 2 aliphatic carbocycles. The molecule has 5 nitrogen and oxygen atoms in total. The van der Waals surface area contributed by atoms with Crippen molar-refractivity contribution in [2.24, 2.45) is 16.8 Å². The number of fused-ring (bicyclic) bond motifs is 1. The minimum Gasteiger partial charge on any atom is -0.474 e. The largest absolute Gasteiger partial charge is 0.474 e. The van der Waals surface area contributed by atoms with Crippen molar-refractivity contribution in [2.75, 3.05) is 0 Å². The lowest BCUT2D eigenvalue weighted by atomic mass is 9.89. The third-order valence-electron chi connectivity index (χ3n) is 4.57. The van der Waals surface area contributed by atoms with E-state index in [0.717, 1.165) is 37.8 Å². The molecule has 2 unspecified atom stereocenters. The number of aryl methyl sites for hydroxylation is 2. The summed E-state index contributed by atoms with van der Waals surface area (Å²) in [6.07, 6.45) is 7.86. The van der Waals surface area contributed by atoms with Crippen LogP contribution in [-0.4, -0.2) is 22.1 Å². The van der Waals surface area contributed by atoms with E-state index in [9.17, 15) is 0 Å². The van der Waals surface area contributed by atoms with Crippen LogP contribution < -0.4 is 10.5 Å². The van der Waals surface area contributed by atoms with Gasteiger partial charge in [0.15, 0.2) is 5.84 Å². The van der Waals surface area contributed by atoms with Crippen molar-refractivity contribution >= 4 is 5.84 Å². The van der Waals surface area contributed by atoms with Crippen LogP contribution in [0.1, 0.15) is 55.8 Å². The van der Waals surface area contributed by atoms with Gasteiger partial charge in [0.2, 0.25) is 5.88 Å². The van der Waals surface area contributed by atoms with Gasteiger partial charge in [-0.25, -0.2) is 4.98 Å². The van der Waals surface area contributed by atoms with Crippen LogP contribution in [-0.2, 0) is 12.8 Å². The van der Waals surface area contributed by atoms with Crippen LogP contribution in [0.15, 0.2) is 11.2 Å². The number of hydrogen-bond acceptors (Lipinski definition) is 4. The molecule has 0 aromatic carbocycles. The molecule has 1 aromatic rings. The maximum absolute atomic E-state index is 8.99. The number of rotatable bonds is 3. The number of hydrogen-bond donors (Lipinski definition) is 2. The van der Waals surface area contributed by atoms with E-state index in [1.54, 1.807) is 0 Å². The van der Waals surface area contributed by atoms with Gasteiger partial charge in [0.1, 0.15) is 6.10 Å². The van der Waals surface area contributed by atoms with Crippen molar-refractivity contribution in [1.82, 2.24) is 4.98 Å². The van der Waals surface area contributed by atoms with Gasteiger partial charge >= 0.3 is 0 Å². The molecule has 3 N–H and O–H groups in total. The predicted molar refractivity (Wildman–Crippen MR) is 80.8 cm³/mol. The number of pyridine rings is 1. The minimum atomic E-state index is 0.0797. The summed E-state index contributed by atoms with van der Waals surface area (Å²) in [6.45, 7) is 2.26. The molecule has 0 amide bonds. The van der Waals surface area contributed by atoms with Crippen LogP contribution in [0.2, 0.25) is 0 Å². The number of oxime groups is 1. The summed E-state index contributed by atoms with van der Waals surface area (Å²) in [4.78, 5) is 4.65. The fourth-order valence-corrected chi connectivity index (χ4v) is 3.42. The van der Waals surface area contributed by atoms with Crippen molar-refractivity contribution in [3.05, 3.63) is 22.9 Å². The van der Waals surface area contributed by atoms with Gasteiger partial charge in [0, 0.05) is 5.69 Å². The third-order valence-corrected chi connectivity index (χ3v) is 4.57. The second kappa shape index (κ2) is 5.92. The van der Waals surface area contributed by atoms with Crippen LogP contribution in [0, 0.1) is 5.92 Å². The second-order valence-corrected chi connectivity index (χ2v) is 6.30. The van der Waals surface area contributed by atoms with Crippen LogP contribution in [0.4, 0.5) is 0 Å². The Kier molecular flexibility index (Phi) is 3.99. The van der Waals surface area contributed by atoms with Crippen LogP contribution in [0.25, 0.3) is 0 Å². The van der Waals surface area contributed by atoms with E-state index in [2.05, 4.69) is 17.1 Å². The van der Waals surface area contributed by atoms with E-state index in [-0.39, 0.29) is 11.9 Å². The molecule has 114 valence electrons. The Morgan fingerprint density at radius 3 is 3.00 bits per heavy atom. The molecular weight excluding hydrogens is 266 g/mol. The highest BCUT2D eigenvalue weighted by Crippen LogP contribution is 2.31. The van der Waals surface area contributed by atoms with E-state index in [4.69, 9.17) is 15.7 Å². The minimum absolute atomic E-state index is 0.0797. The van der Waals surface area contributed by atoms with Gasteiger partial charge in [-0.2, -0.15) is 0 Å². The normalized spacial score (nSPS) is 25.7. The van der Waals surface area contributed by atoms with E-state index >= 15 is 0 Å². The summed E-state index contributed by atoms with van der Waals surface area (Å²) in [6, 6.07) is 1.98. The van der Waals surface area contributed by atoms with Gasteiger partial charge in [-0.15, -0.1) is 0 Å². The van der Waals surface area contributed by atoms with E-state index in [1.807, 2.05) is 6.07 Å². The fraction of sp³-hybridized carbons (Fsp3) is 0.625. The van der Waals surface area contributed by atoms with Crippen molar-refractivity contribution in [3.63, 3.8) is 0 Å². The van der Waals surface area contributed by atoms with Crippen molar-refractivity contribution in [2.45, 2.75) is 58.0 Å². The average molecular weight is 289 g/mol. The third kappa shape index (κ3) is 2.96. The summed E-state index contributed by atoms with van der Waals surface area (Å²) < 4.78 is 6.12. The molecule has 5 heteroatoms. The first-order chi connectivity index (χ1) is 10.2. The van der Waals surface area contributed by atoms with Crippen LogP contribution in [0.3, 0.4) is 0 Å². The lowest BCUT2D eigenvalue weighted by Gasteiger charge is -2.27. The smallest absolute Gasteiger partial charge is 0.225 e. The molecule has 3 rings (SSSR count). The zero-order chi connectivity index (χ0) is 14.8. The SMILES string of the molecule is CC1CCCC(Oc2nc3c(cc2C(N)=NO)CCC3)C1. The molecule has 1 saturated carbocycles. The standard InChI is InChI=1S/C16H23N3O2/c1-10-4-2-6-12(8-10)21-16-13(15(17)19-20)9-11-5-3-7-14(11)18-16/h9-10,12,20H,2-8H2,1H3,(H2,17,19). The summed E-state index contributed by atoms with van der Waals surface area (Å²) in [5.74, 6) is 1.30. The maximum atomic E-state index is 8.99. The second-order valence-electron chi connectivity index (χ2n) is 6.30. The van der Waals surface area contributed by atoms with Crippen molar-refractivity contribution < 1.29 is 9.94 Å². The molecule has 1 aromatic heterocycles. The van der Waals surface area contributed by atoms with E-state index in [0.29, 0.717) is 17.4 Å². The van der Waals surface area contributed by atoms with Crippen LogP contribution >= 0.6 is 0 Å². The van der Waals surface area contributed by atoms with Gasteiger partial charge < -0.3 is 15.7 Å². The molecule has 2 atom stereocenters. The highest BCUT2D eigenvalue weighted by atomic mass is 16.5. The van der Waals surface area contributed by atoms with E-state index in [1.165, 1.54) is 18.4 Å². The van der Waals surface area contributed by atoms with Gasteiger partial charge in [-0.3, -0.25) is 0 Å². The first-order valence-corrected chi connectivity index (χ1v) is 7.84. The zero-order valence-corrected chi connectivity index (χ0v) is 12.5. The number of aromatic nitrogens is 1. The molecule has 21 heavy (non-hydrogen) atoms. The quantitative estimate of drug-likeness (QED) is 0.388. The monoisotopic (exact) mass is 289 g/mol. The zero-order valence-electron chi connectivity index (χ0n) is 12.5. The Bertz CT molecular complexity index is 557. The maximum Gasteiger partial charge on any atom is 0.225 e. The molecule has 0 bridgehead atoms. The number of nitrogens with two attached hydrogens (primary N) is 1. The molecule has 0 saturated heterocycles. The molecule has 1 fully saturated rings. The van der Waals surface area contributed by atoms with Crippen LogP contribution in [0.5, 0.6) is 5.88 Å². The Labute approximate surface area is 125 Å². The summed E-state index contributed by atoms with van der Waals surface area (Å²) >= 11 is 0. The van der Waals surface area contributed by atoms with Crippen molar-refractivity contribution in [1.29, 1.82) is 0 Å². The predicted octanol–water partition coefficient (Wildman–Crippen LogP) is 2.62. The Hall–Kier alpha value is -1.78.